The number of hydrogen-bond donors (Lipinski definition) is 1. The van der Waals surface area contributed by atoms with Crippen molar-refractivity contribution in [2.45, 2.75) is 13.1 Å². The predicted octanol–water partition coefficient (Wildman–Crippen LogP) is 4.15. The highest BCUT2D eigenvalue weighted by molar-refractivity contribution is 6.30. The number of hydrogen-bond acceptors (Lipinski definition) is 2. The molecule has 20 heavy (non-hydrogen) atoms. The van der Waals surface area contributed by atoms with Gasteiger partial charge in [-0.05, 0) is 43.9 Å². The van der Waals surface area contributed by atoms with Crippen LogP contribution >= 0.6 is 11.6 Å². The maximum atomic E-state index is 13.6. The first-order valence-electron chi connectivity index (χ1n) is 6.46. The Morgan fingerprint density at radius 1 is 1.10 bits per heavy atom. The molecule has 106 valence electrons. The molecule has 0 amide bonds. The van der Waals surface area contributed by atoms with E-state index in [2.05, 4.69) is 22.3 Å². The van der Waals surface area contributed by atoms with Gasteiger partial charge in [0.25, 0.3) is 0 Å². The van der Waals surface area contributed by atoms with Gasteiger partial charge in [-0.2, -0.15) is 0 Å². The second kappa shape index (κ2) is 6.73. The molecule has 0 heterocycles. The first-order valence-corrected chi connectivity index (χ1v) is 6.84. The van der Waals surface area contributed by atoms with E-state index in [1.807, 2.05) is 26.2 Å². The summed E-state index contributed by atoms with van der Waals surface area (Å²) in [5.74, 6) is -0.283. The van der Waals surface area contributed by atoms with Gasteiger partial charge < -0.3 is 10.2 Å². The SMILES string of the molecule is CN(C)Cc1ccc(NCc2ccc(Cl)cc2F)cc1. The maximum Gasteiger partial charge on any atom is 0.129 e. The summed E-state index contributed by atoms with van der Waals surface area (Å²) in [6.07, 6.45) is 0. The zero-order chi connectivity index (χ0) is 14.5. The van der Waals surface area contributed by atoms with Crippen LogP contribution in [0.4, 0.5) is 10.1 Å². The molecular weight excluding hydrogens is 275 g/mol. The van der Waals surface area contributed by atoms with E-state index in [9.17, 15) is 4.39 Å². The highest BCUT2D eigenvalue weighted by Crippen LogP contribution is 2.17. The van der Waals surface area contributed by atoms with Crippen LogP contribution in [0.25, 0.3) is 0 Å². The summed E-state index contributed by atoms with van der Waals surface area (Å²) in [7, 11) is 4.07. The Kier molecular flexibility index (Phi) is 4.99. The number of halogens is 2. The lowest BCUT2D eigenvalue weighted by atomic mass is 10.2. The Labute approximate surface area is 124 Å². The fourth-order valence-electron chi connectivity index (χ4n) is 1.96. The van der Waals surface area contributed by atoms with E-state index >= 15 is 0 Å². The van der Waals surface area contributed by atoms with E-state index in [-0.39, 0.29) is 5.82 Å². The normalized spacial score (nSPS) is 10.8. The fraction of sp³-hybridized carbons (Fsp3) is 0.250. The molecule has 2 aromatic carbocycles. The molecule has 1 N–H and O–H groups in total. The van der Waals surface area contributed by atoms with Gasteiger partial charge in [-0.25, -0.2) is 4.39 Å². The molecule has 0 unspecified atom stereocenters. The van der Waals surface area contributed by atoms with Crippen molar-refractivity contribution < 1.29 is 4.39 Å². The summed E-state index contributed by atoms with van der Waals surface area (Å²) >= 11 is 5.73. The van der Waals surface area contributed by atoms with E-state index in [1.165, 1.54) is 11.6 Å². The third kappa shape index (κ3) is 4.22. The minimum absolute atomic E-state index is 0.283. The van der Waals surface area contributed by atoms with Gasteiger partial charge in [0.05, 0.1) is 0 Å². The Hall–Kier alpha value is -1.58. The molecule has 2 nitrogen and oxygen atoms in total. The van der Waals surface area contributed by atoms with Crippen molar-refractivity contribution in [1.29, 1.82) is 0 Å². The van der Waals surface area contributed by atoms with Gasteiger partial charge in [-0.15, -0.1) is 0 Å². The highest BCUT2D eigenvalue weighted by atomic mass is 35.5. The Morgan fingerprint density at radius 3 is 2.40 bits per heavy atom. The zero-order valence-electron chi connectivity index (χ0n) is 11.7. The average molecular weight is 293 g/mol. The van der Waals surface area contributed by atoms with Crippen LogP contribution in [-0.4, -0.2) is 19.0 Å². The summed E-state index contributed by atoms with van der Waals surface area (Å²) in [4.78, 5) is 2.12. The molecular formula is C16H18ClFN2. The van der Waals surface area contributed by atoms with Gasteiger partial charge in [-0.3, -0.25) is 0 Å². The van der Waals surface area contributed by atoms with Crippen LogP contribution in [0.1, 0.15) is 11.1 Å². The van der Waals surface area contributed by atoms with Crippen molar-refractivity contribution in [2.24, 2.45) is 0 Å². The summed E-state index contributed by atoms with van der Waals surface area (Å²) in [6.45, 7) is 1.35. The molecule has 0 aliphatic rings. The van der Waals surface area contributed by atoms with Gasteiger partial charge in [0.1, 0.15) is 5.82 Å². The lowest BCUT2D eigenvalue weighted by Gasteiger charge is -2.11. The number of nitrogens with zero attached hydrogens (tertiary/aromatic N) is 1. The number of anilines is 1. The average Bonchev–Trinajstić information content (AvgIpc) is 2.39. The summed E-state index contributed by atoms with van der Waals surface area (Å²) in [5, 5.41) is 3.62. The Bertz CT molecular complexity index is 567. The van der Waals surface area contributed by atoms with Crippen LogP contribution in [0, 0.1) is 5.82 Å². The molecule has 0 saturated carbocycles. The minimum atomic E-state index is -0.283. The lowest BCUT2D eigenvalue weighted by Crippen LogP contribution is -2.10. The van der Waals surface area contributed by atoms with Gasteiger partial charge >= 0.3 is 0 Å². The molecule has 0 atom stereocenters. The molecule has 0 spiro atoms. The quantitative estimate of drug-likeness (QED) is 0.890. The molecule has 4 heteroatoms. The van der Waals surface area contributed by atoms with Crippen molar-refractivity contribution in [2.75, 3.05) is 19.4 Å². The van der Waals surface area contributed by atoms with Crippen LogP contribution in [-0.2, 0) is 13.1 Å². The second-order valence-electron chi connectivity index (χ2n) is 5.02. The molecule has 2 aromatic rings. The first kappa shape index (κ1) is 14.8. The molecule has 0 bridgehead atoms. The summed E-state index contributed by atoms with van der Waals surface area (Å²) < 4.78 is 13.6. The van der Waals surface area contributed by atoms with Gasteiger partial charge in [0.2, 0.25) is 0 Å². The van der Waals surface area contributed by atoms with Crippen LogP contribution in [0.5, 0.6) is 0 Å². The van der Waals surface area contributed by atoms with Gasteiger partial charge in [-0.1, -0.05) is 29.8 Å². The Balaban J connectivity index is 1.96. The van der Waals surface area contributed by atoms with Crippen molar-refractivity contribution in [1.82, 2.24) is 4.90 Å². The van der Waals surface area contributed by atoms with Gasteiger partial charge in [0.15, 0.2) is 0 Å². The first-order chi connectivity index (χ1) is 9.54. The largest absolute Gasteiger partial charge is 0.381 e. The molecule has 0 aliphatic heterocycles. The van der Waals surface area contributed by atoms with Crippen LogP contribution in [0.2, 0.25) is 5.02 Å². The molecule has 0 aliphatic carbocycles. The second-order valence-corrected chi connectivity index (χ2v) is 5.46. The van der Waals surface area contributed by atoms with E-state index in [0.717, 1.165) is 12.2 Å². The third-order valence-corrected chi connectivity index (χ3v) is 3.19. The third-order valence-electron chi connectivity index (χ3n) is 2.95. The monoisotopic (exact) mass is 292 g/mol. The standard InChI is InChI=1S/C16H18ClFN2/c1-20(2)11-12-3-7-15(8-4-12)19-10-13-5-6-14(17)9-16(13)18/h3-9,19H,10-11H2,1-2H3. The minimum Gasteiger partial charge on any atom is -0.381 e. The van der Waals surface area contributed by atoms with E-state index < -0.39 is 0 Å². The maximum absolute atomic E-state index is 13.6. The number of benzene rings is 2. The van der Waals surface area contributed by atoms with Crippen molar-refractivity contribution >= 4 is 17.3 Å². The fourth-order valence-corrected chi connectivity index (χ4v) is 2.11. The molecule has 0 saturated heterocycles. The smallest absolute Gasteiger partial charge is 0.129 e. The summed E-state index contributed by atoms with van der Waals surface area (Å²) in [6, 6.07) is 12.9. The molecule has 0 fully saturated rings. The topological polar surface area (TPSA) is 15.3 Å². The summed E-state index contributed by atoms with van der Waals surface area (Å²) in [5.41, 5.74) is 2.83. The number of rotatable bonds is 5. The predicted molar refractivity (Wildman–Crippen MR) is 82.6 cm³/mol. The highest BCUT2D eigenvalue weighted by Gasteiger charge is 2.03. The van der Waals surface area contributed by atoms with Crippen molar-refractivity contribution in [3.05, 3.63) is 64.4 Å². The van der Waals surface area contributed by atoms with Crippen LogP contribution in [0.3, 0.4) is 0 Å². The molecule has 2 rings (SSSR count). The van der Waals surface area contributed by atoms with Crippen molar-refractivity contribution in [3.63, 3.8) is 0 Å². The number of nitrogens with one attached hydrogen (secondary N) is 1. The van der Waals surface area contributed by atoms with Crippen LogP contribution in [0.15, 0.2) is 42.5 Å². The van der Waals surface area contributed by atoms with Crippen molar-refractivity contribution in [3.8, 4) is 0 Å². The zero-order valence-corrected chi connectivity index (χ0v) is 12.4. The van der Waals surface area contributed by atoms with Gasteiger partial charge in [0, 0.05) is 29.4 Å². The molecule has 0 radical (unpaired) electrons. The Morgan fingerprint density at radius 2 is 1.80 bits per heavy atom. The van der Waals surface area contributed by atoms with E-state index in [1.54, 1.807) is 12.1 Å². The van der Waals surface area contributed by atoms with Crippen LogP contribution < -0.4 is 5.32 Å². The molecule has 0 aromatic heterocycles. The lowest BCUT2D eigenvalue weighted by molar-refractivity contribution is 0.402. The van der Waals surface area contributed by atoms with E-state index in [4.69, 9.17) is 11.6 Å². The van der Waals surface area contributed by atoms with E-state index in [0.29, 0.717) is 17.1 Å².